The first-order valence-corrected chi connectivity index (χ1v) is 4.35. The largest absolute Gasteiger partial charge is 0.326 e. The quantitative estimate of drug-likeness (QED) is 0.714. The van der Waals surface area contributed by atoms with Gasteiger partial charge in [0.15, 0.2) is 0 Å². The number of rotatable bonds is 1. The molecule has 0 aliphatic carbocycles. The number of aryl methyl sites for hydroxylation is 1. The maximum absolute atomic E-state index is 5.65. The maximum Gasteiger partial charge on any atom is 0.0379 e. The molecule has 66 valence electrons. The summed E-state index contributed by atoms with van der Waals surface area (Å²) in [6, 6.07) is 8.21. The highest BCUT2D eigenvalue weighted by molar-refractivity contribution is 5.85. The lowest BCUT2D eigenvalue weighted by atomic mass is 10.1. The smallest absolute Gasteiger partial charge is 0.0379 e. The van der Waals surface area contributed by atoms with Gasteiger partial charge in [-0.2, -0.15) is 0 Å². The van der Waals surface area contributed by atoms with Crippen LogP contribution >= 0.6 is 0 Å². The summed E-state index contributed by atoms with van der Waals surface area (Å²) < 4.78 is 0. The van der Waals surface area contributed by atoms with Crippen LogP contribution in [0, 0.1) is 6.92 Å². The fourth-order valence-corrected chi connectivity index (χ4v) is 1.52. The lowest BCUT2D eigenvalue weighted by Crippen LogP contribution is -1.97. The number of pyridine rings is 1. The Morgan fingerprint density at radius 2 is 2.23 bits per heavy atom. The molecule has 1 aromatic heterocycles. The Balaban J connectivity index is 2.79. The van der Waals surface area contributed by atoms with Crippen molar-refractivity contribution in [3.05, 3.63) is 41.7 Å². The van der Waals surface area contributed by atoms with Crippen molar-refractivity contribution in [2.45, 2.75) is 13.5 Å². The van der Waals surface area contributed by atoms with E-state index in [0.29, 0.717) is 6.54 Å². The molecule has 0 unspecified atom stereocenters. The van der Waals surface area contributed by atoms with E-state index in [2.05, 4.69) is 23.2 Å². The van der Waals surface area contributed by atoms with Crippen molar-refractivity contribution >= 4 is 10.8 Å². The van der Waals surface area contributed by atoms with Crippen LogP contribution in [0.2, 0.25) is 0 Å². The van der Waals surface area contributed by atoms with Gasteiger partial charge in [0.2, 0.25) is 0 Å². The summed E-state index contributed by atoms with van der Waals surface area (Å²) in [5.41, 5.74) is 7.86. The monoisotopic (exact) mass is 172 g/mol. The maximum atomic E-state index is 5.65. The first-order valence-electron chi connectivity index (χ1n) is 4.35. The molecule has 0 spiro atoms. The van der Waals surface area contributed by atoms with Crippen LogP contribution in [-0.2, 0) is 6.54 Å². The van der Waals surface area contributed by atoms with Crippen LogP contribution in [0.15, 0.2) is 30.5 Å². The first-order chi connectivity index (χ1) is 6.31. The molecule has 0 fully saturated rings. The molecule has 1 heterocycles. The minimum absolute atomic E-state index is 0.584. The van der Waals surface area contributed by atoms with Crippen molar-refractivity contribution in [2.24, 2.45) is 5.73 Å². The summed E-state index contributed by atoms with van der Waals surface area (Å²) in [6.07, 6.45) is 1.89. The van der Waals surface area contributed by atoms with E-state index in [1.165, 1.54) is 10.9 Å². The second-order valence-electron chi connectivity index (χ2n) is 3.17. The van der Waals surface area contributed by atoms with Gasteiger partial charge in [-0.1, -0.05) is 18.2 Å². The second-order valence-corrected chi connectivity index (χ2v) is 3.17. The Hall–Kier alpha value is -1.41. The average molecular weight is 172 g/mol. The SMILES string of the molecule is Cc1cc2c(CN)cccc2cn1. The number of benzene rings is 1. The molecular formula is C11H12N2. The predicted molar refractivity (Wildman–Crippen MR) is 54.4 cm³/mol. The van der Waals surface area contributed by atoms with Gasteiger partial charge in [-0.05, 0) is 23.9 Å². The zero-order valence-electron chi connectivity index (χ0n) is 7.62. The molecule has 2 nitrogen and oxygen atoms in total. The van der Waals surface area contributed by atoms with Crippen LogP contribution in [-0.4, -0.2) is 4.98 Å². The molecule has 2 aromatic rings. The molecule has 13 heavy (non-hydrogen) atoms. The van der Waals surface area contributed by atoms with E-state index in [9.17, 15) is 0 Å². The standard InChI is InChI=1S/C11H12N2/c1-8-5-11-9(6-12)3-2-4-10(11)7-13-8/h2-5,7H,6,12H2,1H3. The summed E-state index contributed by atoms with van der Waals surface area (Å²) in [7, 11) is 0. The summed E-state index contributed by atoms with van der Waals surface area (Å²) in [4.78, 5) is 4.24. The van der Waals surface area contributed by atoms with E-state index in [4.69, 9.17) is 5.73 Å². The zero-order valence-corrected chi connectivity index (χ0v) is 7.62. The van der Waals surface area contributed by atoms with Gasteiger partial charge in [0.1, 0.15) is 0 Å². The topological polar surface area (TPSA) is 38.9 Å². The molecule has 2 rings (SSSR count). The minimum atomic E-state index is 0.584. The fraction of sp³-hybridized carbons (Fsp3) is 0.182. The van der Waals surface area contributed by atoms with Crippen molar-refractivity contribution in [2.75, 3.05) is 0 Å². The Morgan fingerprint density at radius 1 is 1.38 bits per heavy atom. The summed E-state index contributed by atoms with van der Waals surface area (Å²) in [5.74, 6) is 0. The van der Waals surface area contributed by atoms with Crippen LogP contribution in [0.5, 0.6) is 0 Å². The van der Waals surface area contributed by atoms with Gasteiger partial charge in [-0.25, -0.2) is 0 Å². The highest BCUT2D eigenvalue weighted by Gasteiger charge is 1.98. The van der Waals surface area contributed by atoms with Crippen molar-refractivity contribution < 1.29 is 0 Å². The van der Waals surface area contributed by atoms with Crippen LogP contribution < -0.4 is 5.73 Å². The van der Waals surface area contributed by atoms with Crippen LogP contribution in [0.4, 0.5) is 0 Å². The Bertz CT molecular complexity index is 435. The van der Waals surface area contributed by atoms with Crippen LogP contribution in [0.25, 0.3) is 10.8 Å². The fourth-order valence-electron chi connectivity index (χ4n) is 1.52. The lowest BCUT2D eigenvalue weighted by Gasteiger charge is -2.03. The third kappa shape index (κ3) is 1.40. The highest BCUT2D eigenvalue weighted by atomic mass is 14.7. The third-order valence-corrected chi connectivity index (χ3v) is 2.21. The summed E-state index contributed by atoms with van der Waals surface area (Å²) >= 11 is 0. The second kappa shape index (κ2) is 3.15. The van der Waals surface area contributed by atoms with E-state index in [0.717, 1.165) is 11.1 Å². The number of hydrogen-bond donors (Lipinski definition) is 1. The molecule has 0 aliphatic heterocycles. The zero-order chi connectivity index (χ0) is 9.26. The summed E-state index contributed by atoms with van der Waals surface area (Å²) in [5, 5.41) is 2.38. The van der Waals surface area contributed by atoms with Crippen LogP contribution in [0.1, 0.15) is 11.3 Å². The molecular weight excluding hydrogens is 160 g/mol. The third-order valence-electron chi connectivity index (χ3n) is 2.21. The molecule has 2 N–H and O–H groups in total. The summed E-state index contributed by atoms with van der Waals surface area (Å²) in [6.45, 7) is 2.58. The lowest BCUT2D eigenvalue weighted by molar-refractivity contribution is 1.08. The van der Waals surface area contributed by atoms with E-state index in [1.54, 1.807) is 0 Å². The minimum Gasteiger partial charge on any atom is -0.326 e. The average Bonchev–Trinajstić information content (AvgIpc) is 2.17. The molecule has 0 aliphatic rings. The highest BCUT2D eigenvalue weighted by Crippen LogP contribution is 2.18. The molecule has 2 heteroatoms. The molecule has 0 amide bonds. The van der Waals surface area contributed by atoms with Gasteiger partial charge < -0.3 is 5.73 Å². The van der Waals surface area contributed by atoms with Gasteiger partial charge in [0, 0.05) is 23.8 Å². The Kier molecular flexibility index (Phi) is 1.99. The van der Waals surface area contributed by atoms with Gasteiger partial charge in [0.25, 0.3) is 0 Å². The normalized spacial score (nSPS) is 10.6. The van der Waals surface area contributed by atoms with E-state index in [-0.39, 0.29) is 0 Å². The predicted octanol–water partition coefficient (Wildman–Crippen LogP) is 2.00. The molecule has 0 bridgehead atoms. The molecule has 0 saturated carbocycles. The van der Waals surface area contributed by atoms with E-state index >= 15 is 0 Å². The van der Waals surface area contributed by atoms with Gasteiger partial charge in [0.05, 0.1) is 0 Å². The van der Waals surface area contributed by atoms with E-state index in [1.807, 2.05) is 19.2 Å². The van der Waals surface area contributed by atoms with Crippen molar-refractivity contribution in [3.63, 3.8) is 0 Å². The first kappa shape index (κ1) is 8.20. The Labute approximate surface area is 77.4 Å². The van der Waals surface area contributed by atoms with Crippen molar-refractivity contribution in [1.82, 2.24) is 4.98 Å². The van der Waals surface area contributed by atoms with E-state index < -0.39 is 0 Å². The number of fused-ring (bicyclic) bond motifs is 1. The van der Waals surface area contributed by atoms with Gasteiger partial charge >= 0.3 is 0 Å². The van der Waals surface area contributed by atoms with Gasteiger partial charge in [-0.15, -0.1) is 0 Å². The number of nitrogens with two attached hydrogens (primary N) is 1. The van der Waals surface area contributed by atoms with Crippen molar-refractivity contribution in [3.8, 4) is 0 Å². The molecule has 1 aromatic carbocycles. The van der Waals surface area contributed by atoms with Crippen LogP contribution in [0.3, 0.4) is 0 Å². The Morgan fingerprint density at radius 3 is 3.00 bits per heavy atom. The molecule has 0 saturated heterocycles. The number of hydrogen-bond acceptors (Lipinski definition) is 2. The number of aromatic nitrogens is 1. The number of nitrogens with zero attached hydrogens (tertiary/aromatic N) is 1. The molecule has 0 radical (unpaired) electrons. The molecule has 0 atom stereocenters. The van der Waals surface area contributed by atoms with Crippen molar-refractivity contribution in [1.29, 1.82) is 0 Å². The van der Waals surface area contributed by atoms with Gasteiger partial charge in [-0.3, -0.25) is 4.98 Å².